The Hall–Kier alpha value is -1.47. The van der Waals surface area contributed by atoms with E-state index in [0.717, 1.165) is 45.0 Å². The third kappa shape index (κ3) is 6.40. The van der Waals surface area contributed by atoms with E-state index < -0.39 is 10.0 Å². The number of carbonyl (C=O) groups excluding carboxylic acids is 1. The summed E-state index contributed by atoms with van der Waals surface area (Å²) in [6.45, 7) is 1.83. The highest BCUT2D eigenvalue weighted by atomic mass is 32.2. The van der Waals surface area contributed by atoms with Crippen molar-refractivity contribution in [1.82, 2.24) is 9.21 Å². The Kier molecular flexibility index (Phi) is 7.38. The molecule has 1 saturated heterocycles. The molecule has 1 aliphatic rings. The number of benzene rings is 1. The van der Waals surface area contributed by atoms with E-state index in [1.54, 1.807) is 18.2 Å². The normalized spacial score (nSPS) is 16.0. The van der Waals surface area contributed by atoms with Gasteiger partial charge >= 0.3 is 0 Å². The molecule has 0 unspecified atom stereocenters. The lowest BCUT2D eigenvalue weighted by Crippen LogP contribution is -2.38. The minimum absolute atomic E-state index is 0.00133. The highest BCUT2D eigenvalue weighted by molar-refractivity contribution is 7.88. The van der Waals surface area contributed by atoms with Crippen molar-refractivity contribution in [2.75, 3.05) is 32.4 Å². The van der Waals surface area contributed by atoms with E-state index in [4.69, 9.17) is 0 Å². The van der Waals surface area contributed by atoms with Crippen molar-refractivity contribution >= 4 is 15.9 Å². The fraction of sp³-hybridized carbons (Fsp3) is 0.611. The van der Waals surface area contributed by atoms with Gasteiger partial charge in [-0.15, -0.1) is 0 Å². The number of halogens is 1. The quantitative estimate of drug-likeness (QED) is 0.741. The van der Waals surface area contributed by atoms with E-state index in [1.807, 2.05) is 4.90 Å². The smallest absolute Gasteiger partial charge is 0.223 e. The monoisotopic (exact) mass is 370 g/mol. The minimum Gasteiger partial charge on any atom is -0.343 e. The zero-order chi connectivity index (χ0) is 18.3. The fourth-order valence-electron chi connectivity index (χ4n) is 3.09. The Morgan fingerprint density at radius 3 is 2.36 bits per heavy atom. The van der Waals surface area contributed by atoms with Gasteiger partial charge in [-0.3, -0.25) is 4.79 Å². The Labute approximate surface area is 149 Å². The Morgan fingerprint density at radius 2 is 1.76 bits per heavy atom. The van der Waals surface area contributed by atoms with Crippen molar-refractivity contribution in [3.63, 3.8) is 0 Å². The molecule has 0 bridgehead atoms. The zero-order valence-electron chi connectivity index (χ0n) is 14.8. The molecule has 0 saturated carbocycles. The van der Waals surface area contributed by atoms with E-state index in [-0.39, 0.29) is 37.7 Å². The van der Waals surface area contributed by atoms with Crippen LogP contribution in [0.25, 0.3) is 0 Å². The molecule has 0 radical (unpaired) electrons. The van der Waals surface area contributed by atoms with Crippen LogP contribution in [0.5, 0.6) is 0 Å². The van der Waals surface area contributed by atoms with E-state index >= 15 is 0 Å². The molecule has 0 spiro atoms. The molecule has 1 aromatic carbocycles. The molecule has 2 rings (SSSR count). The maximum atomic E-state index is 13.7. The lowest BCUT2D eigenvalue weighted by atomic mass is 10.1. The van der Waals surface area contributed by atoms with E-state index in [1.165, 1.54) is 10.4 Å². The predicted molar refractivity (Wildman–Crippen MR) is 96.2 cm³/mol. The molecule has 140 valence electrons. The molecule has 0 N–H and O–H groups in total. The van der Waals surface area contributed by atoms with Gasteiger partial charge in [0.25, 0.3) is 0 Å². The standard InChI is InChI=1S/C18H27FN2O3S/c1-25(23,24)21(14-10-16-8-4-5-9-17(16)19)15-11-18(22)20-12-6-2-3-7-13-20/h4-5,8-9H,2-3,6-7,10-15H2,1H3. The minimum atomic E-state index is -3.44. The van der Waals surface area contributed by atoms with Crippen molar-refractivity contribution in [3.05, 3.63) is 35.6 Å². The summed E-state index contributed by atoms with van der Waals surface area (Å²) in [7, 11) is -3.44. The van der Waals surface area contributed by atoms with Crippen molar-refractivity contribution in [2.24, 2.45) is 0 Å². The molecule has 1 fully saturated rings. The number of hydrogen-bond donors (Lipinski definition) is 0. The summed E-state index contributed by atoms with van der Waals surface area (Å²) < 4.78 is 39.0. The maximum Gasteiger partial charge on any atom is 0.223 e. The largest absolute Gasteiger partial charge is 0.343 e. The molecule has 1 aromatic rings. The molecule has 0 aliphatic carbocycles. The fourth-order valence-corrected chi connectivity index (χ4v) is 3.93. The molecule has 25 heavy (non-hydrogen) atoms. The average Bonchev–Trinajstić information content (AvgIpc) is 2.84. The van der Waals surface area contributed by atoms with Crippen LogP contribution in [0.15, 0.2) is 24.3 Å². The average molecular weight is 370 g/mol. The Bertz CT molecular complexity index is 671. The van der Waals surface area contributed by atoms with Crippen LogP contribution >= 0.6 is 0 Å². The van der Waals surface area contributed by atoms with Crippen molar-refractivity contribution in [3.8, 4) is 0 Å². The Morgan fingerprint density at radius 1 is 1.12 bits per heavy atom. The maximum absolute atomic E-state index is 13.7. The second-order valence-electron chi connectivity index (χ2n) is 6.55. The Balaban J connectivity index is 1.91. The number of amides is 1. The summed E-state index contributed by atoms with van der Waals surface area (Å²) in [5, 5.41) is 0. The highest BCUT2D eigenvalue weighted by Gasteiger charge is 2.21. The summed E-state index contributed by atoms with van der Waals surface area (Å²) in [4.78, 5) is 14.2. The summed E-state index contributed by atoms with van der Waals surface area (Å²) in [5.41, 5.74) is 0.481. The van der Waals surface area contributed by atoms with Crippen LogP contribution in [0.3, 0.4) is 0 Å². The lowest BCUT2D eigenvalue weighted by molar-refractivity contribution is -0.131. The van der Waals surface area contributed by atoms with Crippen molar-refractivity contribution in [1.29, 1.82) is 0 Å². The van der Waals surface area contributed by atoms with Crippen LogP contribution in [-0.4, -0.2) is 56.0 Å². The van der Waals surface area contributed by atoms with Crippen LogP contribution in [-0.2, 0) is 21.2 Å². The second-order valence-corrected chi connectivity index (χ2v) is 8.53. The number of rotatable bonds is 7. The number of carbonyl (C=O) groups is 1. The molecule has 1 heterocycles. The SMILES string of the molecule is CS(=O)(=O)N(CCC(=O)N1CCCCCC1)CCc1ccccc1F. The number of sulfonamides is 1. The van der Waals surface area contributed by atoms with Gasteiger partial charge in [-0.05, 0) is 30.9 Å². The molecule has 5 nitrogen and oxygen atoms in total. The van der Waals surface area contributed by atoms with Crippen LogP contribution in [0.1, 0.15) is 37.7 Å². The summed E-state index contributed by atoms with van der Waals surface area (Å²) in [5.74, 6) is -0.335. The van der Waals surface area contributed by atoms with Crippen LogP contribution in [0.4, 0.5) is 4.39 Å². The van der Waals surface area contributed by atoms with Gasteiger partial charge in [0.15, 0.2) is 0 Å². The van der Waals surface area contributed by atoms with Gasteiger partial charge in [-0.2, -0.15) is 0 Å². The molecule has 1 amide bonds. The van der Waals surface area contributed by atoms with E-state index in [2.05, 4.69) is 0 Å². The zero-order valence-corrected chi connectivity index (χ0v) is 15.6. The first-order valence-electron chi connectivity index (χ1n) is 8.84. The topological polar surface area (TPSA) is 57.7 Å². The van der Waals surface area contributed by atoms with Gasteiger partial charge in [0.05, 0.1) is 6.26 Å². The first-order chi connectivity index (χ1) is 11.9. The highest BCUT2D eigenvalue weighted by Crippen LogP contribution is 2.13. The van der Waals surface area contributed by atoms with Crippen molar-refractivity contribution < 1.29 is 17.6 Å². The van der Waals surface area contributed by atoms with Gasteiger partial charge in [-0.1, -0.05) is 31.0 Å². The van der Waals surface area contributed by atoms with Gasteiger partial charge in [0.1, 0.15) is 5.82 Å². The first kappa shape index (κ1) is 19.8. The van der Waals surface area contributed by atoms with Crippen LogP contribution in [0.2, 0.25) is 0 Å². The molecule has 0 aromatic heterocycles. The van der Waals surface area contributed by atoms with Gasteiger partial charge < -0.3 is 4.90 Å². The lowest BCUT2D eigenvalue weighted by Gasteiger charge is -2.23. The van der Waals surface area contributed by atoms with Gasteiger partial charge in [0.2, 0.25) is 15.9 Å². The second kappa shape index (κ2) is 9.29. The van der Waals surface area contributed by atoms with E-state index in [0.29, 0.717) is 5.56 Å². The van der Waals surface area contributed by atoms with Crippen LogP contribution < -0.4 is 0 Å². The molecular formula is C18H27FN2O3S. The summed E-state index contributed by atoms with van der Waals surface area (Å²) in [6.07, 6.45) is 5.89. The first-order valence-corrected chi connectivity index (χ1v) is 10.7. The van der Waals surface area contributed by atoms with Crippen molar-refractivity contribution in [2.45, 2.75) is 38.5 Å². The van der Waals surface area contributed by atoms with Crippen LogP contribution in [0, 0.1) is 5.82 Å². The molecule has 1 aliphatic heterocycles. The molecular weight excluding hydrogens is 343 g/mol. The third-order valence-electron chi connectivity index (χ3n) is 4.59. The number of likely N-dealkylation sites (tertiary alicyclic amines) is 1. The predicted octanol–water partition coefficient (Wildman–Crippen LogP) is 2.42. The summed E-state index contributed by atoms with van der Waals surface area (Å²) in [6, 6.07) is 6.35. The van der Waals surface area contributed by atoms with E-state index in [9.17, 15) is 17.6 Å². The third-order valence-corrected chi connectivity index (χ3v) is 5.89. The molecule has 0 atom stereocenters. The number of nitrogens with zero attached hydrogens (tertiary/aromatic N) is 2. The summed E-state index contributed by atoms with van der Waals surface area (Å²) >= 11 is 0. The number of hydrogen-bond acceptors (Lipinski definition) is 3. The van der Waals surface area contributed by atoms with Gasteiger partial charge in [-0.25, -0.2) is 17.1 Å². The molecule has 7 heteroatoms. The van der Waals surface area contributed by atoms with Gasteiger partial charge in [0, 0.05) is 32.6 Å².